The Morgan fingerprint density at radius 2 is 2.31 bits per heavy atom. The topological polar surface area (TPSA) is 21.3 Å². The van der Waals surface area contributed by atoms with E-state index in [9.17, 15) is 0 Å². The summed E-state index contributed by atoms with van der Waals surface area (Å²) in [6.45, 7) is 7.57. The maximum absolute atomic E-state index is 5.79. The Bertz CT molecular complexity index is 207. The summed E-state index contributed by atoms with van der Waals surface area (Å²) in [5.41, 5.74) is 0.00157. The van der Waals surface area contributed by atoms with Crippen molar-refractivity contribution in [3.05, 3.63) is 0 Å². The Morgan fingerprint density at radius 1 is 1.54 bits per heavy atom. The zero-order valence-corrected chi connectivity index (χ0v) is 9.54. The van der Waals surface area contributed by atoms with Crippen LogP contribution >= 0.6 is 11.8 Å². The summed E-state index contributed by atoms with van der Waals surface area (Å²) in [5.74, 6) is 1.24. The highest BCUT2D eigenvalue weighted by Crippen LogP contribution is 2.47. The van der Waals surface area contributed by atoms with Crippen LogP contribution in [0, 0.1) is 0 Å². The second-order valence-electron chi connectivity index (χ2n) is 4.50. The van der Waals surface area contributed by atoms with E-state index in [-0.39, 0.29) is 10.5 Å². The van der Waals surface area contributed by atoms with E-state index >= 15 is 0 Å². The van der Waals surface area contributed by atoms with E-state index in [1.807, 2.05) is 0 Å². The van der Waals surface area contributed by atoms with Gasteiger partial charge in [-0.25, -0.2) is 0 Å². The van der Waals surface area contributed by atoms with Crippen molar-refractivity contribution in [2.45, 2.75) is 50.1 Å². The Labute approximate surface area is 84.8 Å². The maximum atomic E-state index is 5.79. The third kappa shape index (κ3) is 1.41. The van der Waals surface area contributed by atoms with Crippen LogP contribution in [-0.4, -0.2) is 28.9 Å². The molecule has 2 fully saturated rings. The van der Waals surface area contributed by atoms with Gasteiger partial charge in [0.05, 0.1) is 17.1 Å². The van der Waals surface area contributed by atoms with Gasteiger partial charge in [-0.1, -0.05) is 6.92 Å². The molecule has 2 unspecified atom stereocenters. The molecule has 0 amide bonds. The molecule has 0 radical (unpaired) electrons. The number of hydrogen-bond acceptors (Lipinski definition) is 3. The minimum atomic E-state index is 0.00157. The van der Waals surface area contributed by atoms with Crippen molar-refractivity contribution in [2.24, 2.45) is 0 Å². The van der Waals surface area contributed by atoms with Gasteiger partial charge in [0.25, 0.3) is 0 Å². The molecule has 0 aromatic carbocycles. The maximum Gasteiger partial charge on any atom is 0.0957 e. The summed E-state index contributed by atoms with van der Waals surface area (Å²) < 4.78 is 5.79. The third-order valence-electron chi connectivity index (χ3n) is 3.35. The van der Waals surface area contributed by atoms with Crippen molar-refractivity contribution in [3.8, 4) is 0 Å². The molecule has 2 aliphatic heterocycles. The number of thioether (sulfide) groups is 1. The number of hydrogen-bond donors (Lipinski definition) is 1. The Balaban J connectivity index is 2.13. The third-order valence-corrected chi connectivity index (χ3v) is 5.23. The van der Waals surface area contributed by atoms with Crippen LogP contribution in [0.4, 0.5) is 0 Å². The highest BCUT2D eigenvalue weighted by molar-refractivity contribution is 8.01. The predicted octanol–water partition coefficient (Wildman–Crippen LogP) is 2.00. The monoisotopic (exact) mass is 201 g/mol. The zero-order chi connectivity index (χ0) is 9.53. The fourth-order valence-electron chi connectivity index (χ4n) is 2.24. The van der Waals surface area contributed by atoms with Crippen molar-refractivity contribution in [1.29, 1.82) is 0 Å². The molecular weight excluding hydrogens is 182 g/mol. The first-order valence-electron chi connectivity index (χ1n) is 5.15. The molecule has 76 valence electrons. The molecule has 0 aliphatic carbocycles. The molecule has 2 atom stereocenters. The smallest absolute Gasteiger partial charge is 0.0957 e. The van der Waals surface area contributed by atoms with Gasteiger partial charge in [-0.3, -0.25) is 5.32 Å². The van der Waals surface area contributed by atoms with Crippen molar-refractivity contribution in [3.63, 3.8) is 0 Å². The molecule has 0 saturated carbocycles. The quantitative estimate of drug-likeness (QED) is 0.701. The minimum Gasteiger partial charge on any atom is -0.373 e. The molecule has 0 bridgehead atoms. The van der Waals surface area contributed by atoms with E-state index in [1.165, 1.54) is 12.2 Å². The lowest BCUT2D eigenvalue weighted by atomic mass is 9.97. The fraction of sp³-hybridized carbons (Fsp3) is 1.00. The second kappa shape index (κ2) is 3.14. The molecule has 2 nitrogen and oxygen atoms in total. The van der Waals surface area contributed by atoms with Gasteiger partial charge in [-0.05, 0) is 20.3 Å². The fourth-order valence-corrected chi connectivity index (χ4v) is 3.92. The lowest BCUT2D eigenvalue weighted by molar-refractivity contribution is 0.0138. The molecule has 0 aromatic heterocycles. The molecule has 2 saturated heterocycles. The first-order chi connectivity index (χ1) is 6.10. The molecule has 13 heavy (non-hydrogen) atoms. The van der Waals surface area contributed by atoms with Crippen LogP contribution in [0.2, 0.25) is 0 Å². The van der Waals surface area contributed by atoms with Crippen molar-refractivity contribution in [2.75, 3.05) is 12.4 Å². The van der Waals surface area contributed by atoms with Crippen LogP contribution in [0.15, 0.2) is 0 Å². The van der Waals surface area contributed by atoms with Crippen molar-refractivity contribution >= 4 is 11.8 Å². The van der Waals surface area contributed by atoms with Crippen molar-refractivity contribution in [1.82, 2.24) is 5.32 Å². The summed E-state index contributed by atoms with van der Waals surface area (Å²) >= 11 is 2.06. The van der Waals surface area contributed by atoms with Gasteiger partial charge in [-0.2, -0.15) is 0 Å². The summed E-state index contributed by atoms with van der Waals surface area (Å²) in [6, 6.07) is 0.686. The van der Waals surface area contributed by atoms with E-state index in [2.05, 4.69) is 37.8 Å². The second-order valence-corrected chi connectivity index (χ2v) is 5.82. The van der Waals surface area contributed by atoms with Crippen LogP contribution < -0.4 is 5.32 Å². The van der Waals surface area contributed by atoms with Crippen LogP contribution in [0.3, 0.4) is 0 Å². The largest absolute Gasteiger partial charge is 0.373 e. The molecule has 2 heterocycles. The van der Waals surface area contributed by atoms with Gasteiger partial charge in [0.2, 0.25) is 0 Å². The Kier molecular flexibility index (Phi) is 2.37. The van der Waals surface area contributed by atoms with Crippen LogP contribution in [0.5, 0.6) is 0 Å². The number of rotatable bonds is 1. The standard InChI is InChI=1S/C10H19NOS/c1-4-8-7-13-10(11-8)5-6-12-9(10,2)3/h8,11H,4-7H2,1-3H3. The van der Waals surface area contributed by atoms with E-state index in [1.54, 1.807) is 0 Å². The molecule has 1 spiro atoms. The van der Waals surface area contributed by atoms with Gasteiger partial charge >= 0.3 is 0 Å². The van der Waals surface area contributed by atoms with Gasteiger partial charge in [-0.15, -0.1) is 11.8 Å². The van der Waals surface area contributed by atoms with E-state index < -0.39 is 0 Å². The van der Waals surface area contributed by atoms with Crippen LogP contribution in [0.25, 0.3) is 0 Å². The van der Waals surface area contributed by atoms with Gasteiger partial charge < -0.3 is 4.74 Å². The first kappa shape index (κ1) is 9.81. The SMILES string of the molecule is CCC1CSC2(CCOC2(C)C)N1. The number of nitrogens with one attached hydrogen (secondary N) is 1. The number of ether oxygens (including phenoxy) is 1. The molecular formula is C10H19NOS. The average Bonchev–Trinajstić information content (AvgIpc) is 2.60. The minimum absolute atomic E-state index is 0.00157. The van der Waals surface area contributed by atoms with Crippen LogP contribution in [0.1, 0.15) is 33.6 Å². The lowest BCUT2D eigenvalue weighted by Gasteiger charge is -2.36. The predicted molar refractivity (Wildman–Crippen MR) is 57.1 cm³/mol. The average molecular weight is 201 g/mol. The summed E-state index contributed by atoms with van der Waals surface area (Å²) in [5, 5.41) is 3.74. The molecule has 0 aromatic rings. The van der Waals surface area contributed by atoms with E-state index in [4.69, 9.17) is 4.74 Å². The molecule has 3 heteroatoms. The summed E-state index contributed by atoms with van der Waals surface area (Å²) in [7, 11) is 0. The van der Waals surface area contributed by atoms with Gasteiger partial charge in [0, 0.05) is 18.2 Å². The normalized spacial score (nSPS) is 43.2. The summed E-state index contributed by atoms with van der Waals surface area (Å²) in [4.78, 5) is 0.202. The molecule has 2 aliphatic rings. The zero-order valence-electron chi connectivity index (χ0n) is 8.72. The Hall–Kier alpha value is 0.270. The molecule has 1 N–H and O–H groups in total. The lowest BCUT2D eigenvalue weighted by Crippen LogP contribution is -2.53. The summed E-state index contributed by atoms with van der Waals surface area (Å²) in [6.07, 6.45) is 2.38. The Morgan fingerprint density at radius 3 is 2.77 bits per heavy atom. The van der Waals surface area contributed by atoms with E-state index in [0.29, 0.717) is 6.04 Å². The highest BCUT2D eigenvalue weighted by atomic mass is 32.2. The molecule has 2 rings (SSSR count). The van der Waals surface area contributed by atoms with Crippen molar-refractivity contribution < 1.29 is 4.74 Å². The van der Waals surface area contributed by atoms with Gasteiger partial charge in [0.1, 0.15) is 0 Å². The van der Waals surface area contributed by atoms with E-state index in [0.717, 1.165) is 13.0 Å². The first-order valence-corrected chi connectivity index (χ1v) is 6.14. The van der Waals surface area contributed by atoms with Gasteiger partial charge in [0.15, 0.2) is 0 Å². The van der Waals surface area contributed by atoms with Crippen LogP contribution in [-0.2, 0) is 4.74 Å². The highest BCUT2D eigenvalue weighted by Gasteiger charge is 2.54.